The van der Waals surface area contributed by atoms with E-state index in [4.69, 9.17) is 9.47 Å². The SMILES string of the molecule is COc1ccc(NC(CC(=O)N2CCOC2=O)C(F)(F)F)c(OC)c1. The molecule has 1 atom stereocenters. The fourth-order valence-corrected chi connectivity index (χ4v) is 2.26. The predicted molar refractivity (Wildman–Crippen MR) is 80.7 cm³/mol. The number of carbonyl (C=O) groups is 2. The lowest BCUT2D eigenvalue weighted by molar-refractivity contribution is -0.153. The Labute approximate surface area is 141 Å². The van der Waals surface area contributed by atoms with Gasteiger partial charge in [-0.2, -0.15) is 13.2 Å². The van der Waals surface area contributed by atoms with Crippen molar-refractivity contribution in [3.63, 3.8) is 0 Å². The number of hydrogen-bond donors (Lipinski definition) is 1. The van der Waals surface area contributed by atoms with Gasteiger partial charge in [0.1, 0.15) is 24.1 Å². The van der Waals surface area contributed by atoms with Gasteiger partial charge in [-0.25, -0.2) is 9.69 Å². The molecule has 1 heterocycles. The molecule has 1 aliphatic rings. The molecular formula is C15H17F3N2O5. The molecule has 1 unspecified atom stereocenters. The van der Waals surface area contributed by atoms with E-state index in [2.05, 4.69) is 10.1 Å². The fourth-order valence-electron chi connectivity index (χ4n) is 2.26. The monoisotopic (exact) mass is 362 g/mol. The quantitative estimate of drug-likeness (QED) is 0.838. The molecular weight excluding hydrogens is 345 g/mol. The number of ether oxygens (including phenoxy) is 3. The Morgan fingerprint density at radius 2 is 2.08 bits per heavy atom. The second kappa shape index (κ2) is 7.49. The molecule has 0 aliphatic carbocycles. The number of nitrogens with zero attached hydrogens (tertiary/aromatic N) is 1. The van der Waals surface area contributed by atoms with Gasteiger partial charge in [0.2, 0.25) is 5.91 Å². The van der Waals surface area contributed by atoms with Crippen molar-refractivity contribution in [2.24, 2.45) is 0 Å². The summed E-state index contributed by atoms with van der Waals surface area (Å²) in [5.41, 5.74) is 0.0439. The highest BCUT2D eigenvalue weighted by atomic mass is 19.4. The van der Waals surface area contributed by atoms with Gasteiger partial charge in [-0.15, -0.1) is 0 Å². The zero-order chi connectivity index (χ0) is 18.6. The van der Waals surface area contributed by atoms with Crippen molar-refractivity contribution in [2.45, 2.75) is 18.6 Å². The lowest BCUT2D eigenvalue weighted by atomic mass is 10.1. The minimum atomic E-state index is -4.72. The predicted octanol–water partition coefficient (Wildman–Crippen LogP) is 2.42. The number of carbonyl (C=O) groups excluding carboxylic acids is 2. The first-order chi connectivity index (χ1) is 11.8. The Balaban J connectivity index is 2.18. The van der Waals surface area contributed by atoms with Crippen LogP contribution >= 0.6 is 0 Å². The molecule has 0 bridgehead atoms. The van der Waals surface area contributed by atoms with Gasteiger partial charge in [-0.1, -0.05) is 0 Å². The molecule has 0 spiro atoms. The Morgan fingerprint density at radius 1 is 1.36 bits per heavy atom. The van der Waals surface area contributed by atoms with Crippen LogP contribution in [-0.2, 0) is 9.53 Å². The van der Waals surface area contributed by atoms with Crippen LogP contribution in [0.25, 0.3) is 0 Å². The van der Waals surface area contributed by atoms with Crippen LogP contribution in [0.5, 0.6) is 11.5 Å². The van der Waals surface area contributed by atoms with E-state index in [9.17, 15) is 22.8 Å². The Hall–Kier alpha value is -2.65. The summed E-state index contributed by atoms with van der Waals surface area (Å²) < 4.78 is 54.5. The maximum absolute atomic E-state index is 13.3. The highest BCUT2D eigenvalue weighted by Crippen LogP contribution is 2.33. The second-order valence-corrected chi connectivity index (χ2v) is 5.17. The number of anilines is 1. The van der Waals surface area contributed by atoms with E-state index < -0.39 is 30.6 Å². The minimum Gasteiger partial charge on any atom is -0.497 e. The van der Waals surface area contributed by atoms with Crippen LogP contribution in [0, 0.1) is 0 Å². The van der Waals surface area contributed by atoms with Crippen LogP contribution in [-0.4, -0.2) is 56.5 Å². The van der Waals surface area contributed by atoms with Crippen LogP contribution in [0.15, 0.2) is 18.2 Å². The molecule has 1 aromatic rings. The van der Waals surface area contributed by atoms with Gasteiger partial charge >= 0.3 is 12.3 Å². The number of imide groups is 1. The fraction of sp³-hybridized carbons (Fsp3) is 0.467. The Kier molecular flexibility index (Phi) is 5.60. The normalized spacial score (nSPS) is 15.6. The first kappa shape index (κ1) is 18.7. The van der Waals surface area contributed by atoms with Crippen molar-refractivity contribution in [1.29, 1.82) is 0 Å². The van der Waals surface area contributed by atoms with Crippen molar-refractivity contribution >= 4 is 17.7 Å². The summed E-state index contributed by atoms with van der Waals surface area (Å²) in [5.74, 6) is -0.437. The molecule has 1 fully saturated rings. The summed E-state index contributed by atoms with van der Waals surface area (Å²) in [7, 11) is 2.71. The van der Waals surface area contributed by atoms with E-state index in [1.54, 1.807) is 0 Å². The third-order valence-electron chi connectivity index (χ3n) is 3.57. The molecule has 25 heavy (non-hydrogen) atoms. The van der Waals surface area contributed by atoms with Gasteiger partial charge in [-0.05, 0) is 12.1 Å². The number of benzene rings is 1. The molecule has 1 N–H and O–H groups in total. The largest absolute Gasteiger partial charge is 0.497 e. The van der Waals surface area contributed by atoms with Crippen molar-refractivity contribution < 1.29 is 37.0 Å². The molecule has 1 saturated heterocycles. The topological polar surface area (TPSA) is 77.1 Å². The number of hydrogen-bond acceptors (Lipinski definition) is 6. The molecule has 7 nitrogen and oxygen atoms in total. The third kappa shape index (κ3) is 4.46. The lowest BCUT2D eigenvalue weighted by Gasteiger charge is -2.24. The maximum Gasteiger partial charge on any atom is 0.416 e. The highest BCUT2D eigenvalue weighted by molar-refractivity contribution is 5.93. The van der Waals surface area contributed by atoms with Crippen LogP contribution in [0.1, 0.15) is 6.42 Å². The van der Waals surface area contributed by atoms with Gasteiger partial charge in [0.05, 0.1) is 32.9 Å². The molecule has 0 aromatic heterocycles. The first-order valence-electron chi connectivity index (χ1n) is 7.28. The average molecular weight is 362 g/mol. The van der Waals surface area contributed by atoms with Gasteiger partial charge in [0.25, 0.3) is 0 Å². The minimum absolute atomic E-state index is 0.0268. The smallest absolute Gasteiger partial charge is 0.416 e. The van der Waals surface area contributed by atoms with Crippen LogP contribution in [0.2, 0.25) is 0 Å². The van der Waals surface area contributed by atoms with E-state index in [1.165, 1.54) is 32.4 Å². The summed E-state index contributed by atoms with van der Waals surface area (Å²) in [6.07, 6.45) is -6.61. The number of halogens is 3. The Bertz CT molecular complexity index is 651. The van der Waals surface area contributed by atoms with Gasteiger partial charge < -0.3 is 19.5 Å². The summed E-state index contributed by atoms with van der Waals surface area (Å²) in [6.45, 7) is -0.0882. The van der Waals surface area contributed by atoms with Crippen molar-refractivity contribution in [2.75, 3.05) is 32.7 Å². The number of rotatable bonds is 6. The van der Waals surface area contributed by atoms with Crippen molar-refractivity contribution in [3.8, 4) is 11.5 Å². The van der Waals surface area contributed by atoms with E-state index in [0.717, 1.165) is 0 Å². The van der Waals surface area contributed by atoms with Crippen LogP contribution in [0.3, 0.4) is 0 Å². The van der Waals surface area contributed by atoms with Crippen LogP contribution < -0.4 is 14.8 Å². The first-order valence-corrected chi connectivity index (χ1v) is 7.28. The van der Waals surface area contributed by atoms with Crippen molar-refractivity contribution in [3.05, 3.63) is 18.2 Å². The Morgan fingerprint density at radius 3 is 2.60 bits per heavy atom. The molecule has 138 valence electrons. The number of cyclic esters (lactones) is 1. The average Bonchev–Trinajstić information content (AvgIpc) is 2.99. The summed E-state index contributed by atoms with van der Waals surface area (Å²) in [4.78, 5) is 24.0. The summed E-state index contributed by atoms with van der Waals surface area (Å²) in [5, 5.41) is 2.25. The third-order valence-corrected chi connectivity index (χ3v) is 3.57. The summed E-state index contributed by atoms with van der Waals surface area (Å²) >= 11 is 0. The molecule has 1 aliphatic heterocycles. The molecule has 2 amide bonds. The molecule has 0 saturated carbocycles. The molecule has 2 rings (SSSR count). The number of alkyl halides is 3. The lowest BCUT2D eigenvalue weighted by Crippen LogP contribution is -2.42. The van der Waals surface area contributed by atoms with Gasteiger partial charge in [0, 0.05) is 6.07 Å². The zero-order valence-electron chi connectivity index (χ0n) is 13.6. The molecule has 1 aromatic carbocycles. The molecule has 10 heteroatoms. The maximum atomic E-state index is 13.3. The van der Waals surface area contributed by atoms with Gasteiger partial charge in [-0.3, -0.25) is 4.79 Å². The van der Waals surface area contributed by atoms with E-state index in [1.807, 2.05) is 0 Å². The van der Waals surface area contributed by atoms with Crippen LogP contribution in [0.4, 0.5) is 23.7 Å². The summed E-state index contributed by atoms with van der Waals surface area (Å²) in [6, 6.07) is 2.02. The van der Waals surface area contributed by atoms with E-state index in [0.29, 0.717) is 10.6 Å². The second-order valence-electron chi connectivity index (χ2n) is 5.17. The number of amides is 2. The van der Waals surface area contributed by atoms with Gasteiger partial charge in [0.15, 0.2) is 0 Å². The highest BCUT2D eigenvalue weighted by Gasteiger charge is 2.43. The van der Waals surface area contributed by atoms with E-state index in [-0.39, 0.29) is 24.6 Å². The number of methoxy groups -OCH3 is 2. The zero-order valence-corrected chi connectivity index (χ0v) is 13.6. The standard InChI is InChI=1S/C15H17F3N2O5/c1-23-9-3-4-10(11(7-9)24-2)19-12(15(16,17)18)8-13(21)20-5-6-25-14(20)22/h3-4,7,12,19H,5-6,8H2,1-2H3. The van der Waals surface area contributed by atoms with E-state index >= 15 is 0 Å². The van der Waals surface area contributed by atoms with Crippen molar-refractivity contribution in [1.82, 2.24) is 4.90 Å². The number of nitrogens with one attached hydrogen (secondary N) is 1. The molecule has 0 radical (unpaired) electrons.